The summed E-state index contributed by atoms with van der Waals surface area (Å²) in [5.74, 6) is 3.38. The molecule has 12 aromatic heterocycles. The van der Waals surface area contributed by atoms with Crippen molar-refractivity contribution in [2.75, 3.05) is 0 Å². The Labute approximate surface area is 601 Å². The Morgan fingerprint density at radius 1 is 0.337 bits per heavy atom. The highest BCUT2D eigenvalue weighted by Crippen LogP contribution is 2.29. The summed E-state index contributed by atoms with van der Waals surface area (Å²) in [6.07, 6.45) is 17.9. The predicted molar refractivity (Wildman–Crippen MR) is 381 cm³/mol. The predicted octanol–water partition coefficient (Wildman–Crippen LogP) is 17.0. The third kappa shape index (κ3) is 23.8. The molecule has 101 heavy (non-hydrogen) atoms. The Morgan fingerprint density at radius 2 is 0.673 bits per heavy atom. The zero-order valence-electron chi connectivity index (χ0n) is 55.4. The van der Waals surface area contributed by atoms with Crippen molar-refractivity contribution < 1.29 is 38.1 Å². The number of hydrogen-bond donors (Lipinski definition) is 0. The van der Waals surface area contributed by atoms with Gasteiger partial charge in [-0.05, 0) is 96.0 Å². The van der Waals surface area contributed by atoms with Crippen molar-refractivity contribution in [1.82, 2.24) is 59.8 Å². The van der Waals surface area contributed by atoms with Gasteiger partial charge in [0.05, 0.1) is 82.2 Å². The van der Waals surface area contributed by atoms with Gasteiger partial charge in [0.25, 0.3) is 0 Å². The van der Waals surface area contributed by atoms with Gasteiger partial charge in [0.1, 0.15) is 68.8 Å². The van der Waals surface area contributed by atoms with E-state index in [-0.39, 0.29) is 54.5 Å². The average molecular weight is 1430 g/mol. The Hall–Kier alpha value is -11.7. The third-order valence-electron chi connectivity index (χ3n) is 13.7. The zero-order chi connectivity index (χ0) is 72.0. The van der Waals surface area contributed by atoms with E-state index in [1.165, 1.54) is 37.2 Å². The van der Waals surface area contributed by atoms with E-state index >= 15 is 0 Å². The topological polar surface area (TPSA) is 284 Å². The molecule has 0 saturated heterocycles. The summed E-state index contributed by atoms with van der Waals surface area (Å²) in [4.78, 5) is 100. The molecule has 0 atom stereocenters. The van der Waals surface area contributed by atoms with E-state index in [2.05, 4.69) is 59.8 Å². The molecule has 21 nitrogen and oxygen atoms in total. The van der Waals surface area contributed by atoms with Crippen molar-refractivity contribution in [3.05, 3.63) is 306 Å². The summed E-state index contributed by atoms with van der Waals surface area (Å²) < 4.78 is 22.9. The summed E-state index contributed by atoms with van der Waals surface area (Å²) in [6, 6.07) is 38.3. The number of Topliss-reactive ketones (excluding diaryl/α,β-unsaturated/α-hetero) is 4. The molecule has 0 amide bonds. The largest absolute Gasteiger partial charge is 0.456 e. The smallest absolute Gasteiger partial charge is 0.187 e. The lowest BCUT2D eigenvalue weighted by atomic mass is 10.1. The highest BCUT2D eigenvalue weighted by Gasteiger charge is 2.18. The van der Waals surface area contributed by atoms with Crippen LogP contribution in [0.15, 0.2) is 196 Å². The molecule has 0 aliphatic rings. The van der Waals surface area contributed by atoms with E-state index in [0.29, 0.717) is 129 Å². The number of ketones is 4. The van der Waals surface area contributed by atoms with Crippen LogP contribution in [0.25, 0.3) is 0 Å². The van der Waals surface area contributed by atoms with Gasteiger partial charge < -0.3 is 18.9 Å². The number of aryl methyl sites for hydroxylation is 7. The number of aromatic nitrogens is 12. The van der Waals surface area contributed by atoms with Gasteiger partial charge in [0.15, 0.2) is 23.1 Å². The average Bonchev–Trinajstić information content (AvgIpc) is 0.920. The molecule has 0 unspecified atom stereocenters. The SMILES string of the molecule is Cc1cc(Oc2cncc(Cl)c2)cc(C(=O)Cc2cc(C#N)ccn2)n1.Cc1ccc(CC(=O)c2cc(Oc3cncc(Cl)c3)cc(C)n2)nc1.Cc1ccc(CC(=O)c2cc(Oc3cncc(Cl)c3)cc(C)n2)nc1.Cc1cccc(CC(=O)c2cc(Oc3cncc(Cl)c3)cc(C)n2)n1. The van der Waals surface area contributed by atoms with Crippen LogP contribution in [0.2, 0.25) is 20.1 Å². The standard InChI is InChI=1S/C19H13ClN4O2.3C19H16ClN3O2/c1-12-4-16(26-17-6-14(20)10-22-11-17)8-18(24-12)19(25)7-15-5-13(9-21)2-3-23-15;2*1-12-3-4-15(22-9-12)7-19(24)18-8-16(5-13(2)23-18)25-17-6-14(20)10-21-11-17;1-12-4-3-5-15(22-12)8-19(24)18-9-16(6-13(2)23-18)25-17-7-14(20)10-21-11-17/h2-6,8,10-11H,7H2,1H3;2*3-6,8-11H,7H2,1-2H3;3-7,9-11H,8H2,1-2H3. The molecule has 25 heteroatoms. The van der Waals surface area contributed by atoms with Crippen LogP contribution in [0.4, 0.5) is 0 Å². The van der Waals surface area contributed by atoms with Crippen LogP contribution in [-0.4, -0.2) is 82.9 Å². The van der Waals surface area contributed by atoms with Gasteiger partial charge in [-0.2, -0.15) is 5.26 Å². The lowest BCUT2D eigenvalue weighted by Crippen LogP contribution is -2.08. The Kier molecular flexibility index (Phi) is 26.0. The molecular formula is C76H61Cl4N13O8. The number of hydrogen-bond acceptors (Lipinski definition) is 21. The van der Waals surface area contributed by atoms with Gasteiger partial charge in [0.2, 0.25) is 0 Å². The van der Waals surface area contributed by atoms with Gasteiger partial charge in [-0.3, -0.25) is 59.0 Å². The van der Waals surface area contributed by atoms with Crippen LogP contribution in [0.3, 0.4) is 0 Å². The minimum absolute atomic E-state index is 0.0458. The number of carbonyl (C=O) groups is 4. The number of ether oxygens (including phenoxy) is 4. The summed E-state index contributed by atoms with van der Waals surface area (Å²) >= 11 is 23.6. The maximum absolute atomic E-state index is 12.6. The van der Waals surface area contributed by atoms with Crippen LogP contribution >= 0.6 is 46.4 Å². The van der Waals surface area contributed by atoms with Crippen molar-refractivity contribution in [3.63, 3.8) is 0 Å². The number of halogens is 4. The minimum atomic E-state index is -0.217. The fourth-order valence-corrected chi connectivity index (χ4v) is 9.92. The molecule has 0 aliphatic heterocycles. The van der Waals surface area contributed by atoms with Gasteiger partial charge in [-0.1, -0.05) is 64.6 Å². The minimum Gasteiger partial charge on any atom is -0.456 e. The zero-order valence-corrected chi connectivity index (χ0v) is 58.4. The number of pyridine rings is 12. The Bertz CT molecular complexity index is 4860. The first-order valence-electron chi connectivity index (χ1n) is 30.8. The molecule has 0 radical (unpaired) electrons. The molecule has 0 fully saturated rings. The van der Waals surface area contributed by atoms with Crippen molar-refractivity contribution in [2.45, 2.75) is 74.1 Å². The third-order valence-corrected chi connectivity index (χ3v) is 14.5. The lowest BCUT2D eigenvalue weighted by Gasteiger charge is -2.08. The van der Waals surface area contributed by atoms with E-state index in [4.69, 9.17) is 70.6 Å². The molecule has 0 aromatic carbocycles. The highest BCUT2D eigenvalue weighted by molar-refractivity contribution is 6.31. The van der Waals surface area contributed by atoms with E-state index in [1.54, 1.807) is 123 Å². The molecule has 506 valence electrons. The van der Waals surface area contributed by atoms with Crippen LogP contribution in [0.5, 0.6) is 46.0 Å². The monoisotopic (exact) mass is 1420 g/mol. The van der Waals surface area contributed by atoms with Gasteiger partial charge in [-0.15, -0.1) is 0 Å². The van der Waals surface area contributed by atoms with Crippen LogP contribution in [0.1, 0.15) is 110 Å². The van der Waals surface area contributed by atoms with Crippen LogP contribution < -0.4 is 18.9 Å². The maximum Gasteiger partial charge on any atom is 0.187 e. The summed E-state index contributed by atoms with van der Waals surface area (Å²) in [5.41, 5.74) is 10.1. The molecule has 0 spiro atoms. The molecule has 0 saturated carbocycles. The Balaban J connectivity index is 0.000000157. The van der Waals surface area contributed by atoms with Gasteiger partial charge in [-0.25, -0.2) is 19.9 Å². The second-order valence-electron chi connectivity index (χ2n) is 22.6. The molecule has 12 aromatic rings. The lowest BCUT2D eigenvalue weighted by molar-refractivity contribution is 0.0978. The summed E-state index contributed by atoms with van der Waals surface area (Å²) in [6.45, 7) is 13.0. The van der Waals surface area contributed by atoms with Gasteiger partial charge in [0, 0.05) is 167 Å². The second-order valence-corrected chi connectivity index (χ2v) is 24.3. The fourth-order valence-electron chi connectivity index (χ4n) is 9.26. The second kappa shape index (κ2) is 35.7. The van der Waals surface area contributed by atoms with E-state index < -0.39 is 0 Å². The Morgan fingerprint density at radius 3 is 0.980 bits per heavy atom. The summed E-state index contributed by atoms with van der Waals surface area (Å²) in [5, 5.41) is 10.8. The summed E-state index contributed by atoms with van der Waals surface area (Å²) in [7, 11) is 0. The van der Waals surface area contributed by atoms with Crippen molar-refractivity contribution in [2.24, 2.45) is 0 Å². The van der Waals surface area contributed by atoms with E-state index in [1.807, 2.05) is 90.1 Å². The van der Waals surface area contributed by atoms with Crippen molar-refractivity contribution in [1.29, 1.82) is 5.26 Å². The first-order valence-corrected chi connectivity index (χ1v) is 32.3. The van der Waals surface area contributed by atoms with Gasteiger partial charge >= 0.3 is 0 Å². The molecule has 12 heterocycles. The van der Waals surface area contributed by atoms with E-state index in [0.717, 1.165) is 22.5 Å². The van der Waals surface area contributed by atoms with Crippen molar-refractivity contribution in [3.8, 4) is 52.1 Å². The first kappa shape index (κ1) is 73.6. The van der Waals surface area contributed by atoms with Crippen molar-refractivity contribution >= 4 is 69.5 Å². The molecule has 0 bridgehead atoms. The molecule has 0 N–H and O–H groups in total. The number of carbonyl (C=O) groups excluding carboxylic acids is 4. The number of nitriles is 1. The fraction of sp³-hybridized carbons (Fsp3) is 0.145. The van der Waals surface area contributed by atoms with Crippen LogP contribution in [0, 0.1) is 59.8 Å². The molecule has 0 aliphatic carbocycles. The molecular weight excluding hydrogens is 1360 g/mol. The first-order chi connectivity index (χ1) is 48.5. The van der Waals surface area contributed by atoms with E-state index in [9.17, 15) is 19.2 Å². The number of nitrogens with zero attached hydrogens (tertiary/aromatic N) is 13. The van der Waals surface area contributed by atoms with Crippen LogP contribution in [-0.2, 0) is 25.7 Å². The maximum atomic E-state index is 12.6. The quantitative estimate of drug-likeness (QED) is 0.0641. The highest BCUT2D eigenvalue weighted by atomic mass is 35.5. The normalized spacial score (nSPS) is 10.4. The molecule has 12 rings (SSSR count). The number of rotatable bonds is 20.